The van der Waals surface area contributed by atoms with Crippen molar-refractivity contribution in [3.8, 4) is 17.2 Å². The standard InChI is InChI=1S/C17H10N2O2/c18-9-13-10-19-15-7-6-12(17(20)21)8-14(15)16(13)11-4-2-1-3-5-11/h1-8,10H,(H,20,21). The molecule has 0 fully saturated rings. The lowest BCUT2D eigenvalue weighted by atomic mass is 9.96. The quantitative estimate of drug-likeness (QED) is 0.776. The number of fused-ring (bicyclic) bond motifs is 1. The van der Waals surface area contributed by atoms with E-state index in [1.165, 1.54) is 12.3 Å². The maximum absolute atomic E-state index is 11.2. The minimum atomic E-state index is -1.00. The van der Waals surface area contributed by atoms with Crippen molar-refractivity contribution in [3.05, 3.63) is 65.9 Å². The molecule has 0 unspecified atom stereocenters. The van der Waals surface area contributed by atoms with Gasteiger partial charge in [0.25, 0.3) is 0 Å². The topological polar surface area (TPSA) is 74.0 Å². The monoisotopic (exact) mass is 274 g/mol. The Balaban J connectivity index is 2.41. The van der Waals surface area contributed by atoms with Gasteiger partial charge in [-0.3, -0.25) is 4.98 Å². The third-order valence-electron chi connectivity index (χ3n) is 3.30. The van der Waals surface area contributed by atoms with Gasteiger partial charge in [-0.05, 0) is 23.8 Å². The van der Waals surface area contributed by atoms with Crippen LogP contribution >= 0.6 is 0 Å². The molecule has 0 spiro atoms. The van der Waals surface area contributed by atoms with Gasteiger partial charge in [0.2, 0.25) is 0 Å². The summed E-state index contributed by atoms with van der Waals surface area (Å²) in [5.41, 5.74) is 2.85. The van der Waals surface area contributed by atoms with Crippen LogP contribution in [0.25, 0.3) is 22.0 Å². The van der Waals surface area contributed by atoms with Gasteiger partial charge in [0.15, 0.2) is 0 Å². The van der Waals surface area contributed by atoms with Gasteiger partial charge in [-0.15, -0.1) is 0 Å². The maximum Gasteiger partial charge on any atom is 0.335 e. The molecule has 0 aliphatic carbocycles. The summed E-state index contributed by atoms with van der Waals surface area (Å²) in [6, 6.07) is 16.3. The number of hydrogen-bond acceptors (Lipinski definition) is 3. The number of aromatic carboxylic acids is 1. The number of pyridine rings is 1. The van der Waals surface area contributed by atoms with Crippen molar-refractivity contribution in [1.82, 2.24) is 4.98 Å². The third kappa shape index (κ3) is 2.21. The average Bonchev–Trinajstić information content (AvgIpc) is 2.53. The van der Waals surface area contributed by atoms with Crippen molar-refractivity contribution in [2.45, 2.75) is 0 Å². The first-order chi connectivity index (χ1) is 10.2. The summed E-state index contributed by atoms with van der Waals surface area (Å²) in [4.78, 5) is 15.4. The number of hydrogen-bond donors (Lipinski definition) is 1. The highest BCUT2D eigenvalue weighted by atomic mass is 16.4. The van der Waals surface area contributed by atoms with Gasteiger partial charge in [-0.2, -0.15) is 5.26 Å². The van der Waals surface area contributed by atoms with Gasteiger partial charge >= 0.3 is 5.97 Å². The van der Waals surface area contributed by atoms with Crippen LogP contribution in [0.4, 0.5) is 0 Å². The Labute approximate surface area is 120 Å². The first-order valence-corrected chi connectivity index (χ1v) is 6.32. The highest BCUT2D eigenvalue weighted by Crippen LogP contribution is 2.31. The Bertz CT molecular complexity index is 880. The van der Waals surface area contributed by atoms with E-state index in [-0.39, 0.29) is 5.56 Å². The minimum absolute atomic E-state index is 0.177. The second-order valence-electron chi connectivity index (χ2n) is 4.56. The molecule has 4 heteroatoms. The summed E-state index contributed by atoms with van der Waals surface area (Å²) in [5, 5.41) is 19.1. The van der Waals surface area contributed by atoms with E-state index in [4.69, 9.17) is 5.11 Å². The van der Waals surface area contributed by atoms with E-state index in [1.807, 2.05) is 30.3 Å². The van der Waals surface area contributed by atoms with Gasteiger partial charge in [-0.25, -0.2) is 4.79 Å². The van der Waals surface area contributed by atoms with E-state index in [0.29, 0.717) is 22.0 Å². The SMILES string of the molecule is N#Cc1cnc2ccc(C(=O)O)cc2c1-c1ccccc1. The van der Waals surface area contributed by atoms with Crippen LogP contribution in [0.2, 0.25) is 0 Å². The van der Waals surface area contributed by atoms with Crippen molar-refractivity contribution in [3.63, 3.8) is 0 Å². The van der Waals surface area contributed by atoms with Crippen LogP contribution in [-0.2, 0) is 0 Å². The van der Waals surface area contributed by atoms with Crippen LogP contribution in [0, 0.1) is 11.3 Å². The summed E-state index contributed by atoms with van der Waals surface area (Å²) in [6.07, 6.45) is 1.52. The average molecular weight is 274 g/mol. The summed E-state index contributed by atoms with van der Waals surface area (Å²) in [7, 11) is 0. The van der Waals surface area contributed by atoms with Gasteiger partial charge in [0.1, 0.15) is 6.07 Å². The fourth-order valence-corrected chi connectivity index (χ4v) is 2.33. The van der Waals surface area contributed by atoms with Crippen LogP contribution in [-0.4, -0.2) is 16.1 Å². The summed E-state index contributed by atoms with van der Waals surface area (Å²) in [6.45, 7) is 0. The second kappa shape index (κ2) is 5.06. The van der Waals surface area contributed by atoms with Crippen LogP contribution in [0.15, 0.2) is 54.7 Å². The molecule has 0 amide bonds. The zero-order valence-electron chi connectivity index (χ0n) is 10.9. The molecule has 0 saturated carbocycles. The summed E-state index contributed by atoms with van der Waals surface area (Å²) < 4.78 is 0. The highest BCUT2D eigenvalue weighted by Gasteiger charge is 2.13. The lowest BCUT2D eigenvalue weighted by Gasteiger charge is -2.09. The van der Waals surface area contributed by atoms with Crippen molar-refractivity contribution in [2.75, 3.05) is 0 Å². The van der Waals surface area contributed by atoms with E-state index in [1.54, 1.807) is 12.1 Å². The molecule has 1 N–H and O–H groups in total. The van der Waals surface area contributed by atoms with E-state index in [2.05, 4.69) is 11.1 Å². The number of nitrogens with zero attached hydrogens (tertiary/aromatic N) is 2. The molecule has 0 saturated heterocycles. The molecule has 3 rings (SSSR count). The Morgan fingerprint density at radius 2 is 1.90 bits per heavy atom. The van der Waals surface area contributed by atoms with E-state index >= 15 is 0 Å². The Hall–Kier alpha value is -3.19. The molecule has 0 aliphatic rings. The van der Waals surface area contributed by atoms with Crippen LogP contribution < -0.4 is 0 Å². The van der Waals surface area contributed by atoms with Crippen LogP contribution in [0.1, 0.15) is 15.9 Å². The van der Waals surface area contributed by atoms with Crippen molar-refractivity contribution >= 4 is 16.9 Å². The van der Waals surface area contributed by atoms with E-state index in [0.717, 1.165) is 5.56 Å². The molecule has 21 heavy (non-hydrogen) atoms. The number of carbonyl (C=O) groups is 1. The number of rotatable bonds is 2. The Morgan fingerprint density at radius 3 is 2.57 bits per heavy atom. The van der Waals surface area contributed by atoms with Gasteiger partial charge < -0.3 is 5.11 Å². The zero-order valence-corrected chi connectivity index (χ0v) is 10.9. The molecular weight excluding hydrogens is 264 g/mol. The smallest absolute Gasteiger partial charge is 0.335 e. The molecule has 0 radical (unpaired) electrons. The number of benzene rings is 2. The van der Waals surface area contributed by atoms with Gasteiger partial charge in [0.05, 0.1) is 16.6 Å². The van der Waals surface area contributed by atoms with Gasteiger partial charge in [-0.1, -0.05) is 30.3 Å². The first-order valence-electron chi connectivity index (χ1n) is 6.32. The van der Waals surface area contributed by atoms with Crippen molar-refractivity contribution < 1.29 is 9.90 Å². The molecule has 3 aromatic rings. The van der Waals surface area contributed by atoms with Crippen molar-refractivity contribution in [2.24, 2.45) is 0 Å². The molecule has 0 bridgehead atoms. The molecule has 2 aromatic carbocycles. The number of nitriles is 1. The normalized spacial score (nSPS) is 10.2. The highest BCUT2D eigenvalue weighted by molar-refractivity contribution is 6.01. The zero-order chi connectivity index (χ0) is 14.8. The van der Waals surface area contributed by atoms with Crippen LogP contribution in [0.3, 0.4) is 0 Å². The second-order valence-corrected chi connectivity index (χ2v) is 4.56. The largest absolute Gasteiger partial charge is 0.478 e. The Morgan fingerprint density at radius 1 is 1.14 bits per heavy atom. The maximum atomic E-state index is 11.2. The summed E-state index contributed by atoms with van der Waals surface area (Å²) in [5.74, 6) is -1.00. The lowest BCUT2D eigenvalue weighted by molar-refractivity contribution is 0.0697. The fraction of sp³-hybridized carbons (Fsp3) is 0. The van der Waals surface area contributed by atoms with E-state index < -0.39 is 5.97 Å². The minimum Gasteiger partial charge on any atom is -0.478 e. The van der Waals surface area contributed by atoms with Gasteiger partial charge in [0, 0.05) is 17.1 Å². The molecule has 0 aliphatic heterocycles. The first kappa shape index (κ1) is 12.8. The molecule has 1 heterocycles. The number of carboxylic acids is 1. The lowest BCUT2D eigenvalue weighted by Crippen LogP contribution is -1.97. The summed E-state index contributed by atoms with van der Waals surface area (Å²) >= 11 is 0. The number of carboxylic acid groups (broad SMARTS) is 1. The number of aromatic nitrogens is 1. The predicted octanol–water partition coefficient (Wildman–Crippen LogP) is 3.47. The molecule has 4 nitrogen and oxygen atoms in total. The van der Waals surface area contributed by atoms with Crippen LogP contribution in [0.5, 0.6) is 0 Å². The molecule has 1 aromatic heterocycles. The fourth-order valence-electron chi connectivity index (χ4n) is 2.33. The Kier molecular flexibility index (Phi) is 3.09. The molecular formula is C17H10N2O2. The predicted molar refractivity (Wildman–Crippen MR) is 78.9 cm³/mol. The molecule has 0 atom stereocenters. The van der Waals surface area contributed by atoms with Crippen molar-refractivity contribution in [1.29, 1.82) is 5.26 Å². The van der Waals surface area contributed by atoms with E-state index in [9.17, 15) is 10.1 Å². The third-order valence-corrected chi connectivity index (χ3v) is 3.30. The molecule has 100 valence electrons.